The van der Waals surface area contributed by atoms with E-state index in [2.05, 4.69) is 14.5 Å². The minimum absolute atomic E-state index is 0. The summed E-state index contributed by atoms with van der Waals surface area (Å²) in [6, 6.07) is 2.04. The summed E-state index contributed by atoms with van der Waals surface area (Å²) in [6.07, 6.45) is 0. The summed E-state index contributed by atoms with van der Waals surface area (Å²) in [5.41, 5.74) is -0.853. The number of halogens is 3. The predicted molar refractivity (Wildman–Crippen MR) is 46.1 cm³/mol. The molecule has 0 aliphatic heterocycles. The SMILES string of the molecule is COc1ccc([B-](F)(F)F)c(OC)n1.[K+]. The molecule has 15 heavy (non-hydrogen) atoms. The van der Waals surface area contributed by atoms with E-state index in [9.17, 15) is 12.9 Å². The van der Waals surface area contributed by atoms with Gasteiger partial charge in [-0.1, -0.05) is 6.07 Å². The van der Waals surface area contributed by atoms with Crippen molar-refractivity contribution in [3.05, 3.63) is 12.1 Å². The van der Waals surface area contributed by atoms with Crippen molar-refractivity contribution < 1.29 is 73.8 Å². The van der Waals surface area contributed by atoms with Gasteiger partial charge in [-0.15, -0.1) is 0 Å². The van der Waals surface area contributed by atoms with Crippen molar-refractivity contribution in [3.8, 4) is 11.8 Å². The molecule has 0 radical (unpaired) electrons. The molecular weight excluding hydrogens is 237 g/mol. The molecule has 8 heteroatoms. The number of nitrogens with zero attached hydrogens (tertiary/aromatic N) is 1. The van der Waals surface area contributed by atoms with Gasteiger partial charge < -0.3 is 22.4 Å². The molecule has 0 aliphatic rings. The van der Waals surface area contributed by atoms with Crippen LogP contribution in [0, 0.1) is 0 Å². The Morgan fingerprint density at radius 1 is 1.13 bits per heavy atom. The van der Waals surface area contributed by atoms with Crippen molar-refractivity contribution >= 4 is 12.4 Å². The second kappa shape index (κ2) is 6.09. The molecule has 1 heterocycles. The molecule has 1 rings (SSSR count). The van der Waals surface area contributed by atoms with Crippen LogP contribution in [0.4, 0.5) is 12.9 Å². The van der Waals surface area contributed by atoms with E-state index in [1.807, 2.05) is 0 Å². The van der Waals surface area contributed by atoms with Crippen LogP contribution in [0.5, 0.6) is 11.8 Å². The second-order valence-corrected chi connectivity index (χ2v) is 2.53. The monoisotopic (exact) mass is 245 g/mol. The number of hydrogen-bond acceptors (Lipinski definition) is 3. The average molecular weight is 245 g/mol. The zero-order chi connectivity index (χ0) is 10.8. The van der Waals surface area contributed by atoms with Crippen molar-refractivity contribution in [2.24, 2.45) is 0 Å². The molecule has 0 bridgehead atoms. The molecular formula is C7H8BF3KNO2. The Balaban J connectivity index is 0.00000196. The van der Waals surface area contributed by atoms with Gasteiger partial charge >= 0.3 is 58.4 Å². The standard InChI is InChI=1S/C7H8BF3NO2.K/c1-13-6-4-3-5(8(9,10)11)7(12-6)14-2;/h3-4H,1-2H3;/q-1;+1. The first kappa shape index (κ1) is 15.2. The summed E-state index contributed by atoms with van der Waals surface area (Å²) < 4.78 is 46.3. The van der Waals surface area contributed by atoms with Gasteiger partial charge in [-0.25, -0.2) is 0 Å². The van der Waals surface area contributed by atoms with Crippen LogP contribution in [0.1, 0.15) is 0 Å². The molecule has 0 fully saturated rings. The van der Waals surface area contributed by atoms with E-state index in [-0.39, 0.29) is 57.3 Å². The zero-order valence-electron chi connectivity index (χ0n) is 8.63. The molecule has 3 nitrogen and oxygen atoms in total. The fraction of sp³-hybridized carbons (Fsp3) is 0.286. The fourth-order valence-corrected chi connectivity index (χ4v) is 0.961. The van der Waals surface area contributed by atoms with Crippen LogP contribution in [0.15, 0.2) is 12.1 Å². The first-order chi connectivity index (χ1) is 6.49. The predicted octanol–water partition coefficient (Wildman–Crippen LogP) is -1.84. The van der Waals surface area contributed by atoms with Gasteiger partial charge in [0.15, 0.2) is 5.88 Å². The summed E-state index contributed by atoms with van der Waals surface area (Å²) in [5, 5.41) is 0. The van der Waals surface area contributed by atoms with Gasteiger partial charge in [0.2, 0.25) is 5.88 Å². The Bertz CT molecular complexity index is 335. The van der Waals surface area contributed by atoms with E-state index < -0.39 is 18.3 Å². The Kier molecular flexibility index (Phi) is 6.19. The smallest absolute Gasteiger partial charge is 0.483 e. The average Bonchev–Trinajstić information content (AvgIpc) is 2.15. The molecule has 0 aliphatic carbocycles. The Morgan fingerprint density at radius 3 is 2.13 bits per heavy atom. The van der Waals surface area contributed by atoms with Crippen molar-refractivity contribution in [1.82, 2.24) is 4.98 Å². The Hall–Kier alpha value is 0.241. The first-order valence-corrected chi connectivity index (χ1v) is 3.78. The van der Waals surface area contributed by atoms with Crippen LogP contribution in [-0.2, 0) is 0 Å². The van der Waals surface area contributed by atoms with E-state index in [1.165, 1.54) is 7.11 Å². The van der Waals surface area contributed by atoms with E-state index in [1.54, 1.807) is 0 Å². The van der Waals surface area contributed by atoms with E-state index in [0.29, 0.717) is 0 Å². The van der Waals surface area contributed by atoms with E-state index in [4.69, 9.17) is 0 Å². The van der Waals surface area contributed by atoms with Gasteiger partial charge in [0.25, 0.3) is 0 Å². The maximum absolute atomic E-state index is 12.4. The summed E-state index contributed by atoms with van der Waals surface area (Å²) in [4.78, 5) is 3.53. The topological polar surface area (TPSA) is 31.4 Å². The maximum atomic E-state index is 12.4. The third-order valence-electron chi connectivity index (χ3n) is 1.62. The van der Waals surface area contributed by atoms with Gasteiger partial charge in [-0.3, -0.25) is 0 Å². The van der Waals surface area contributed by atoms with Crippen molar-refractivity contribution in [3.63, 3.8) is 0 Å². The largest absolute Gasteiger partial charge is 1.00 e. The van der Waals surface area contributed by atoms with Gasteiger partial charge in [0.05, 0.1) is 14.2 Å². The quantitative estimate of drug-likeness (QED) is 0.586. The Morgan fingerprint density at radius 2 is 1.73 bits per heavy atom. The number of pyridine rings is 1. The van der Waals surface area contributed by atoms with Gasteiger partial charge in [0.1, 0.15) is 0 Å². The van der Waals surface area contributed by atoms with Crippen molar-refractivity contribution in [1.29, 1.82) is 0 Å². The van der Waals surface area contributed by atoms with E-state index in [0.717, 1.165) is 19.2 Å². The minimum Gasteiger partial charge on any atom is -0.483 e. The molecule has 0 amide bonds. The summed E-state index contributed by atoms with van der Waals surface area (Å²) in [5.74, 6) is -0.373. The molecule has 0 saturated carbocycles. The van der Waals surface area contributed by atoms with E-state index >= 15 is 0 Å². The minimum atomic E-state index is -5.10. The van der Waals surface area contributed by atoms with Crippen LogP contribution in [-0.4, -0.2) is 26.2 Å². The number of methoxy groups -OCH3 is 2. The molecule has 0 spiro atoms. The van der Waals surface area contributed by atoms with Crippen LogP contribution in [0.2, 0.25) is 0 Å². The molecule has 0 N–H and O–H groups in total. The summed E-state index contributed by atoms with van der Waals surface area (Å²) in [7, 11) is 2.45. The summed E-state index contributed by atoms with van der Waals surface area (Å²) in [6.45, 7) is -5.10. The number of ether oxygens (including phenoxy) is 2. The first-order valence-electron chi connectivity index (χ1n) is 3.78. The molecule has 1 aromatic heterocycles. The number of rotatable bonds is 3. The third kappa shape index (κ3) is 3.95. The Labute approximate surface area is 128 Å². The third-order valence-corrected chi connectivity index (χ3v) is 1.62. The van der Waals surface area contributed by atoms with Crippen LogP contribution < -0.4 is 66.3 Å². The van der Waals surface area contributed by atoms with Crippen molar-refractivity contribution in [2.75, 3.05) is 14.2 Å². The zero-order valence-corrected chi connectivity index (χ0v) is 11.8. The van der Waals surface area contributed by atoms with Gasteiger partial charge in [0, 0.05) is 0 Å². The summed E-state index contributed by atoms with van der Waals surface area (Å²) >= 11 is 0. The maximum Gasteiger partial charge on any atom is 1.00 e. The van der Waals surface area contributed by atoms with Crippen LogP contribution in [0.3, 0.4) is 0 Å². The number of aromatic nitrogens is 1. The fourth-order valence-electron chi connectivity index (χ4n) is 0.961. The van der Waals surface area contributed by atoms with Crippen LogP contribution in [0.25, 0.3) is 0 Å². The normalized spacial score (nSPS) is 10.5. The molecule has 0 saturated heterocycles. The molecule has 0 atom stereocenters. The van der Waals surface area contributed by atoms with Crippen LogP contribution >= 0.6 is 0 Å². The van der Waals surface area contributed by atoms with Crippen molar-refractivity contribution in [2.45, 2.75) is 0 Å². The van der Waals surface area contributed by atoms with Gasteiger partial charge in [-0.05, 0) is 11.5 Å². The van der Waals surface area contributed by atoms with Gasteiger partial charge in [-0.2, -0.15) is 4.98 Å². The molecule has 1 aromatic rings. The molecule has 0 aromatic carbocycles. The second-order valence-electron chi connectivity index (χ2n) is 2.53. The number of hydrogen-bond donors (Lipinski definition) is 0. The molecule has 0 unspecified atom stereocenters. The molecule has 78 valence electrons.